The number of sulfonamides is 1. The second-order valence-corrected chi connectivity index (χ2v) is 10.6. The fourth-order valence-corrected chi connectivity index (χ4v) is 6.12. The molecule has 184 valence electrons. The fraction of sp³-hybridized carbons (Fsp3) is 0.684. The molecule has 0 aromatic carbocycles. The number of alkyl halides is 5. The van der Waals surface area contributed by atoms with Gasteiger partial charge in [0, 0.05) is 45.5 Å². The van der Waals surface area contributed by atoms with Crippen LogP contribution in [0.25, 0.3) is 0 Å². The van der Waals surface area contributed by atoms with Crippen LogP contribution in [0.2, 0.25) is 0 Å². The fourth-order valence-electron chi connectivity index (χ4n) is 4.64. The van der Waals surface area contributed by atoms with Gasteiger partial charge in [-0.1, -0.05) is 0 Å². The highest BCUT2D eigenvalue weighted by atomic mass is 32.2. The summed E-state index contributed by atoms with van der Waals surface area (Å²) in [5.74, 6) is -5.37. The van der Waals surface area contributed by atoms with Crippen molar-refractivity contribution in [2.45, 2.75) is 48.9 Å². The molecule has 14 heteroatoms. The van der Waals surface area contributed by atoms with Crippen LogP contribution in [0.3, 0.4) is 0 Å². The highest BCUT2D eigenvalue weighted by molar-refractivity contribution is 7.89. The molecular formula is C19H23F5N4O4S. The molecule has 4 rings (SSSR count). The standard InChI is InChI=1S/C19H23F5N4O4S/c1-11-5-13(3-4-32-11)26-33(30,31)14-6-12(19(22,23)24)7-25-15(14)28-9-17(10-28)8-27(2)16(29)18(17,20)21/h6-7,11,13,26H,3-5,8-10H2,1-2H3. The first-order valence-electron chi connectivity index (χ1n) is 10.3. The molecular weight excluding hydrogens is 475 g/mol. The van der Waals surface area contributed by atoms with Crippen LogP contribution in [0.5, 0.6) is 0 Å². The second kappa shape index (κ2) is 7.73. The number of hydrogen-bond acceptors (Lipinski definition) is 6. The monoisotopic (exact) mass is 498 g/mol. The third-order valence-corrected chi connectivity index (χ3v) is 7.89. The molecule has 0 radical (unpaired) electrons. The summed E-state index contributed by atoms with van der Waals surface area (Å²) in [5.41, 5.74) is -3.03. The Kier molecular flexibility index (Phi) is 5.64. The number of nitrogens with one attached hydrogen (secondary N) is 1. The SMILES string of the molecule is CC1CC(NS(=O)(=O)c2cc(C(F)(F)F)cnc2N2CC3(CN(C)C(=O)C3(F)F)C2)CCO1. The van der Waals surface area contributed by atoms with E-state index >= 15 is 0 Å². The van der Waals surface area contributed by atoms with Gasteiger partial charge in [0.1, 0.15) is 10.7 Å². The lowest BCUT2D eigenvalue weighted by Gasteiger charge is -2.50. The topological polar surface area (TPSA) is 91.8 Å². The smallest absolute Gasteiger partial charge is 0.378 e. The average Bonchev–Trinajstić information content (AvgIpc) is 2.85. The molecule has 1 aromatic heterocycles. The maximum Gasteiger partial charge on any atom is 0.417 e. The molecule has 3 aliphatic heterocycles. The average molecular weight is 498 g/mol. The minimum Gasteiger partial charge on any atom is -0.378 e. The molecule has 0 saturated carbocycles. The van der Waals surface area contributed by atoms with E-state index in [0.29, 0.717) is 25.1 Å². The van der Waals surface area contributed by atoms with Gasteiger partial charge < -0.3 is 14.5 Å². The van der Waals surface area contributed by atoms with Crippen LogP contribution >= 0.6 is 0 Å². The molecule has 1 N–H and O–H groups in total. The molecule has 1 aromatic rings. The number of hydrogen-bond donors (Lipinski definition) is 1. The summed E-state index contributed by atoms with van der Waals surface area (Å²) < 4.78 is 103. The number of pyridine rings is 1. The number of ether oxygens (including phenoxy) is 1. The molecule has 3 aliphatic rings. The molecule has 0 bridgehead atoms. The van der Waals surface area contributed by atoms with Gasteiger partial charge in [-0.15, -0.1) is 0 Å². The maximum atomic E-state index is 14.5. The second-order valence-electron chi connectivity index (χ2n) is 8.94. The van der Waals surface area contributed by atoms with Crippen molar-refractivity contribution in [3.8, 4) is 0 Å². The molecule has 0 aliphatic carbocycles. The van der Waals surface area contributed by atoms with Gasteiger partial charge >= 0.3 is 12.1 Å². The van der Waals surface area contributed by atoms with Gasteiger partial charge in [0.05, 0.1) is 17.1 Å². The lowest BCUT2D eigenvalue weighted by molar-refractivity contribution is -0.160. The lowest BCUT2D eigenvalue weighted by Crippen LogP contribution is -2.65. The molecule has 1 spiro atoms. The molecule has 1 amide bonds. The Bertz CT molecular complexity index is 1060. The molecule has 2 atom stereocenters. The van der Waals surface area contributed by atoms with Crippen LogP contribution in [0.1, 0.15) is 25.3 Å². The molecule has 33 heavy (non-hydrogen) atoms. The van der Waals surface area contributed by atoms with Crippen LogP contribution in [-0.4, -0.2) is 75.6 Å². The highest BCUT2D eigenvalue weighted by Crippen LogP contribution is 2.51. The molecule has 4 heterocycles. The van der Waals surface area contributed by atoms with Crippen molar-refractivity contribution in [2.24, 2.45) is 5.41 Å². The molecule has 3 fully saturated rings. The zero-order valence-corrected chi connectivity index (χ0v) is 18.6. The van der Waals surface area contributed by atoms with Crippen molar-refractivity contribution in [1.82, 2.24) is 14.6 Å². The predicted molar refractivity (Wildman–Crippen MR) is 105 cm³/mol. The van der Waals surface area contributed by atoms with Crippen molar-refractivity contribution in [3.63, 3.8) is 0 Å². The number of halogens is 5. The van der Waals surface area contributed by atoms with Crippen molar-refractivity contribution >= 4 is 21.7 Å². The lowest BCUT2D eigenvalue weighted by atomic mass is 9.76. The molecule has 8 nitrogen and oxygen atoms in total. The highest BCUT2D eigenvalue weighted by Gasteiger charge is 2.70. The summed E-state index contributed by atoms with van der Waals surface area (Å²) in [6.07, 6.45) is -3.96. The number of carbonyl (C=O) groups is 1. The van der Waals surface area contributed by atoms with Gasteiger partial charge in [-0.2, -0.15) is 22.0 Å². The quantitative estimate of drug-likeness (QED) is 0.638. The van der Waals surface area contributed by atoms with Gasteiger partial charge in [-0.25, -0.2) is 18.1 Å². The molecule has 3 saturated heterocycles. The number of nitrogens with zero attached hydrogens (tertiary/aromatic N) is 3. The third kappa shape index (κ3) is 4.05. The van der Waals surface area contributed by atoms with Crippen LogP contribution in [0, 0.1) is 5.41 Å². The van der Waals surface area contributed by atoms with Gasteiger partial charge in [0.2, 0.25) is 10.0 Å². The Balaban J connectivity index is 1.66. The van der Waals surface area contributed by atoms with Crippen molar-refractivity contribution in [3.05, 3.63) is 17.8 Å². The van der Waals surface area contributed by atoms with Gasteiger partial charge in [0.25, 0.3) is 5.91 Å². The Morgan fingerprint density at radius 3 is 2.45 bits per heavy atom. The van der Waals surface area contributed by atoms with Crippen molar-refractivity contribution in [2.75, 3.05) is 38.2 Å². The number of likely N-dealkylation sites (tertiary alicyclic amines) is 1. The predicted octanol–water partition coefficient (Wildman–Crippen LogP) is 1.86. The first-order chi connectivity index (χ1) is 15.2. The van der Waals surface area contributed by atoms with Crippen molar-refractivity contribution in [1.29, 1.82) is 0 Å². The van der Waals surface area contributed by atoms with E-state index < -0.39 is 63.0 Å². The summed E-state index contributed by atoms with van der Waals surface area (Å²) in [5, 5.41) is 0. The third-order valence-electron chi connectivity index (χ3n) is 6.36. The number of aromatic nitrogens is 1. The summed E-state index contributed by atoms with van der Waals surface area (Å²) in [4.78, 5) is 16.8. The first-order valence-corrected chi connectivity index (χ1v) is 11.7. The summed E-state index contributed by atoms with van der Waals surface area (Å²) in [6, 6.07) is -0.100. The van der Waals surface area contributed by atoms with E-state index in [1.54, 1.807) is 6.92 Å². The van der Waals surface area contributed by atoms with Crippen LogP contribution in [0.15, 0.2) is 17.2 Å². The van der Waals surface area contributed by atoms with Crippen LogP contribution < -0.4 is 9.62 Å². The largest absolute Gasteiger partial charge is 0.417 e. The summed E-state index contributed by atoms with van der Waals surface area (Å²) >= 11 is 0. The van der Waals surface area contributed by atoms with Gasteiger partial charge in [0.15, 0.2) is 0 Å². The van der Waals surface area contributed by atoms with E-state index in [1.165, 1.54) is 11.9 Å². The minimum absolute atomic E-state index is 0.236. The van der Waals surface area contributed by atoms with E-state index in [9.17, 15) is 35.2 Å². The van der Waals surface area contributed by atoms with Gasteiger partial charge in [-0.3, -0.25) is 4.79 Å². The normalized spacial score (nSPS) is 27.2. The van der Waals surface area contributed by atoms with Crippen molar-refractivity contribution < 1.29 is 39.9 Å². The zero-order chi connectivity index (χ0) is 24.4. The number of rotatable bonds is 4. The minimum atomic E-state index is -4.85. The van der Waals surface area contributed by atoms with E-state index in [1.807, 2.05) is 0 Å². The van der Waals surface area contributed by atoms with E-state index in [4.69, 9.17) is 4.74 Å². The van der Waals surface area contributed by atoms with Crippen LogP contribution in [-0.2, 0) is 25.7 Å². The van der Waals surface area contributed by atoms with Gasteiger partial charge in [-0.05, 0) is 25.8 Å². The Morgan fingerprint density at radius 2 is 1.91 bits per heavy atom. The number of amides is 1. The Labute approximate surface area is 187 Å². The number of carbonyl (C=O) groups excluding carboxylic acids is 1. The Hall–Kier alpha value is -2.06. The first kappa shape index (κ1) is 24.1. The van der Waals surface area contributed by atoms with E-state index in [-0.39, 0.29) is 25.1 Å². The summed E-state index contributed by atoms with van der Waals surface area (Å²) in [7, 11) is -3.24. The maximum absolute atomic E-state index is 14.5. The molecule has 2 unspecified atom stereocenters. The van der Waals surface area contributed by atoms with E-state index in [0.717, 1.165) is 4.90 Å². The van der Waals surface area contributed by atoms with E-state index in [2.05, 4.69) is 9.71 Å². The van der Waals surface area contributed by atoms with Crippen LogP contribution in [0.4, 0.5) is 27.8 Å². The Morgan fingerprint density at radius 1 is 1.24 bits per heavy atom. The zero-order valence-electron chi connectivity index (χ0n) is 17.8. The summed E-state index contributed by atoms with van der Waals surface area (Å²) in [6.45, 7) is 0.928. The number of anilines is 1.